The van der Waals surface area contributed by atoms with Gasteiger partial charge in [-0.2, -0.15) is 5.06 Å². The molecule has 320 valence electrons. The lowest BCUT2D eigenvalue weighted by molar-refractivity contribution is -0.193. The Morgan fingerprint density at radius 3 is 2.34 bits per heavy atom. The molecule has 0 aromatic heterocycles. The maximum Gasteiger partial charge on any atom is 0.240 e. The van der Waals surface area contributed by atoms with Gasteiger partial charge in [0.25, 0.3) is 0 Å². The number of hydroxylamine groups is 2. The van der Waals surface area contributed by atoms with Crippen LogP contribution in [0.2, 0.25) is 0 Å². The molecular weight excluding hydrogens is 709 g/mol. The lowest BCUT2D eigenvalue weighted by Gasteiger charge is -2.62. The lowest BCUT2D eigenvalue weighted by Crippen LogP contribution is -2.62. The quantitative estimate of drug-likeness (QED) is 0.204. The number of ether oxygens (including phenoxy) is 1. The molecule has 11 nitrogen and oxygen atoms in total. The predicted octanol–water partition coefficient (Wildman–Crippen LogP) is 5.66. The van der Waals surface area contributed by atoms with Crippen molar-refractivity contribution >= 4 is 17.7 Å². The van der Waals surface area contributed by atoms with Gasteiger partial charge < -0.3 is 25.2 Å². The van der Waals surface area contributed by atoms with Crippen molar-refractivity contribution in [1.29, 1.82) is 0 Å². The third-order valence-electron chi connectivity index (χ3n) is 16.6. The van der Waals surface area contributed by atoms with Crippen molar-refractivity contribution in [1.82, 2.24) is 20.2 Å². The molecule has 11 heteroatoms. The molecule has 0 spiro atoms. The minimum atomic E-state index is -0.845. The topological polar surface area (TPSA) is 132 Å². The van der Waals surface area contributed by atoms with Gasteiger partial charge in [0.2, 0.25) is 17.7 Å². The number of hydrogen-bond acceptors (Lipinski definition) is 9. The van der Waals surface area contributed by atoms with Crippen molar-refractivity contribution in [2.75, 3.05) is 41.4 Å². The molecule has 14 atom stereocenters. The van der Waals surface area contributed by atoms with E-state index in [4.69, 9.17) is 9.57 Å². The Morgan fingerprint density at radius 2 is 1.71 bits per heavy atom. The van der Waals surface area contributed by atoms with E-state index in [1.54, 1.807) is 26.1 Å². The number of nitrogens with one attached hydrogen (secondary N) is 1. The van der Waals surface area contributed by atoms with Crippen LogP contribution in [0, 0.1) is 58.7 Å². The zero-order valence-corrected chi connectivity index (χ0v) is 36.2. The number of fused-ring (bicyclic) bond motifs is 2. The van der Waals surface area contributed by atoms with Crippen molar-refractivity contribution in [2.24, 2.45) is 58.7 Å². The molecule has 1 aliphatic heterocycles. The molecule has 7 aliphatic rings. The van der Waals surface area contributed by atoms with Gasteiger partial charge in [-0.1, -0.05) is 59.3 Å². The van der Waals surface area contributed by atoms with E-state index < -0.39 is 24.2 Å². The van der Waals surface area contributed by atoms with Crippen LogP contribution in [-0.2, 0) is 24.0 Å². The summed E-state index contributed by atoms with van der Waals surface area (Å²) in [7, 11) is 7.66. The van der Waals surface area contributed by atoms with E-state index in [2.05, 4.69) is 45.1 Å². The van der Waals surface area contributed by atoms with E-state index in [1.165, 1.54) is 43.4 Å². The van der Waals surface area contributed by atoms with Gasteiger partial charge in [-0.25, -0.2) is 0 Å². The highest BCUT2D eigenvalue weighted by atomic mass is 16.7. The fourth-order valence-corrected chi connectivity index (χ4v) is 13.0. The van der Waals surface area contributed by atoms with Crippen molar-refractivity contribution in [2.45, 2.75) is 167 Å². The van der Waals surface area contributed by atoms with Gasteiger partial charge in [0.05, 0.1) is 18.8 Å². The van der Waals surface area contributed by atoms with Gasteiger partial charge in [-0.15, -0.1) is 0 Å². The zero-order valence-electron chi connectivity index (χ0n) is 36.2. The van der Waals surface area contributed by atoms with E-state index in [1.807, 2.05) is 0 Å². The van der Waals surface area contributed by atoms with Crippen molar-refractivity contribution in [3.63, 3.8) is 0 Å². The maximum absolute atomic E-state index is 14.3. The largest absolute Gasteiger partial charge is 0.394 e. The van der Waals surface area contributed by atoms with Gasteiger partial charge in [-0.3, -0.25) is 24.1 Å². The van der Waals surface area contributed by atoms with E-state index in [-0.39, 0.29) is 66.2 Å². The Balaban J connectivity index is 1.13. The fourth-order valence-electron chi connectivity index (χ4n) is 13.0. The molecular formula is C45H78N4O7. The third-order valence-corrected chi connectivity index (χ3v) is 16.6. The molecule has 0 aromatic rings. The summed E-state index contributed by atoms with van der Waals surface area (Å²) in [5.74, 6) is 1.77. The van der Waals surface area contributed by atoms with Crippen LogP contribution in [0.1, 0.15) is 130 Å². The Morgan fingerprint density at radius 1 is 0.982 bits per heavy atom. The SMILES string of the molecule is COC1C(CN2O[C@@H](CO)[C@H]([C@H](C)O)[C@H]2C(=O)N[C@H]2C[C@H]3C[C@@H]([C@@H]2C)C3(C)C)CCCC1C1CC(C(=O)N(C)C(=O)CCCC2CCCCC2)CC(N(C)C)C1. The van der Waals surface area contributed by atoms with Crippen molar-refractivity contribution < 1.29 is 34.2 Å². The first-order chi connectivity index (χ1) is 26.7. The normalized spacial score (nSPS) is 39.5. The minimum Gasteiger partial charge on any atom is -0.394 e. The van der Waals surface area contributed by atoms with Crippen LogP contribution < -0.4 is 5.32 Å². The molecule has 2 bridgehead atoms. The Labute approximate surface area is 338 Å². The molecule has 7 rings (SSSR count). The first kappa shape index (κ1) is 43.9. The highest BCUT2D eigenvalue weighted by Gasteiger charge is 2.58. The molecule has 1 saturated heterocycles. The number of amides is 3. The number of imide groups is 1. The highest BCUT2D eigenvalue weighted by molar-refractivity contribution is 5.96. The summed E-state index contributed by atoms with van der Waals surface area (Å²) in [6.07, 6.45) is 14.8. The van der Waals surface area contributed by atoms with Crippen LogP contribution in [0.4, 0.5) is 0 Å². The second-order valence-electron chi connectivity index (χ2n) is 20.3. The van der Waals surface area contributed by atoms with Crippen LogP contribution in [0.25, 0.3) is 0 Å². The zero-order chi connectivity index (χ0) is 40.5. The molecule has 7 fully saturated rings. The van der Waals surface area contributed by atoms with E-state index in [0.717, 1.165) is 63.7 Å². The standard InChI is InChI=1S/C45H78N4O7/c1-27-36-23-33(45(36,3)4)24-37(27)46-43(53)41-40(28(2)51)38(26-50)56-49(41)25-30-17-13-18-35(42(30)55-8)31-20-32(22-34(21-31)47(5)6)44(54)48(7)39(52)19-12-16-29-14-10-9-11-15-29/h27-38,40-42,50-51H,9-26H2,1-8H3,(H,46,53)/t27-,28-,30?,31?,32?,33+,34?,35?,36-,37-,38-,40-,41-,42?/m0/s1. The number of methoxy groups -OCH3 is 1. The Kier molecular flexibility index (Phi) is 14.7. The molecule has 6 unspecified atom stereocenters. The van der Waals surface area contributed by atoms with Crippen LogP contribution in [0.5, 0.6) is 0 Å². The molecule has 3 amide bonds. The van der Waals surface area contributed by atoms with Crippen LogP contribution >= 0.6 is 0 Å². The molecule has 1 heterocycles. The molecule has 6 saturated carbocycles. The first-order valence-corrected chi connectivity index (χ1v) is 22.7. The summed E-state index contributed by atoms with van der Waals surface area (Å²) >= 11 is 0. The number of aliphatic hydroxyl groups is 2. The van der Waals surface area contributed by atoms with E-state index >= 15 is 0 Å². The van der Waals surface area contributed by atoms with Crippen molar-refractivity contribution in [3.05, 3.63) is 0 Å². The third kappa shape index (κ3) is 9.23. The second-order valence-corrected chi connectivity index (χ2v) is 20.3. The molecule has 6 aliphatic carbocycles. The summed E-state index contributed by atoms with van der Waals surface area (Å²) in [5.41, 5.74) is 0.305. The van der Waals surface area contributed by atoms with Gasteiger partial charge >= 0.3 is 0 Å². The van der Waals surface area contributed by atoms with E-state index in [0.29, 0.717) is 36.1 Å². The number of nitrogens with zero attached hydrogens (tertiary/aromatic N) is 3. The van der Waals surface area contributed by atoms with Crippen LogP contribution in [0.15, 0.2) is 0 Å². The first-order valence-electron chi connectivity index (χ1n) is 22.7. The van der Waals surface area contributed by atoms with E-state index in [9.17, 15) is 24.6 Å². The van der Waals surface area contributed by atoms with Gasteiger partial charge in [0.15, 0.2) is 0 Å². The molecule has 3 N–H and O–H groups in total. The highest BCUT2D eigenvalue weighted by Crippen LogP contribution is 2.61. The van der Waals surface area contributed by atoms with Gasteiger partial charge in [0, 0.05) is 57.0 Å². The Bertz CT molecular complexity index is 1340. The number of aliphatic hydroxyl groups excluding tert-OH is 2. The van der Waals surface area contributed by atoms with Crippen molar-refractivity contribution in [3.8, 4) is 0 Å². The van der Waals surface area contributed by atoms with Crippen LogP contribution in [-0.4, -0.2) is 121 Å². The Hall–Kier alpha value is -1.63. The maximum atomic E-state index is 14.3. The minimum absolute atomic E-state index is 0.0442. The lowest BCUT2D eigenvalue weighted by atomic mass is 9.45. The summed E-state index contributed by atoms with van der Waals surface area (Å²) < 4.78 is 6.40. The predicted molar refractivity (Wildman–Crippen MR) is 217 cm³/mol. The fraction of sp³-hybridized carbons (Fsp3) is 0.933. The second kappa shape index (κ2) is 18.7. The van der Waals surface area contributed by atoms with Crippen LogP contribution in [0.3, 0.4) is 0 Å². The average Bonchev–Trinajstić information content (AvgIpc) is 3.56. The summed E-state index contributed by atoms with van der Waals surface area (Å²) in [6, 6.07) is -0.424. The number of rotatable bonds is 14. The molecule has 0 radical (unpaired) electrons. The number of carbonyl (C=O) groups is 3. The summed E-state index contributed by atoms with van der Waals surface area (Å²) in [6.45, 7) is 8.85. The van der Waals surface area contributed by atoms with Gasteiger partial charge in [0.1, 0.15) is 12.1 Å². The smallest absolute Gasteiger partial charge is 0.240 e. The summed E-state index contributed by atoms with van der Waals surface area (Å²) in [5, 5.41) is 26.6. The molecule has 0 aromatic carbocycles. The average molecular weight is 787 g/mol. The monoisotopic (exact) mass is 787 g/mol. The molecule has 56 heavy (non-hydrogen) atoms. The summed E-state index contributed by atoms with van der Waals surface area (Å²) in [4.78, 5) is 51.8. The van der Waals surface area contributed by atoms with Gasteiger partial charge in [-0.05, 0) is 120 Å². The number of hydrogen-bond donors (Lipinski definition) is 3. The number of carbonyl (C=O) groups excluding carboxylic acids is 3.